The van der Waals surface area contributed by atoms with Gasteiger partial charge in [0.15, 0.2) is 0 Å². The zero-order chi connectivity index (χ0) is 17.4. The minimum absolute atomic E-state index is 0.129. The van der Waals surface area contributed by atoms with Crippen molar-refractivity contribution >= 4 is 23.5 Å². The van der Waals surface area contributed by atoms with Gasteiger partial charge < -0.3 is 19.4 Å². The quantitative estimate of drug-likeness (QED) is 0.558. The molecule has 0 saturated heterocycles. The monoisotopic (exact) mass is 348 g/mol. The number of hydrogen-bond acceptors (Lipinski definition) is 4. The molecule has 0 radical (unpaired) electrons. The molecule has 1 N–H and O–H groups in total. The Hall–Kier alpha value is -1.92. The van der Waals surface area contributed by atoms with Gasteiger partial charge in [0.2, 0.25) is 0 Å². The van der Waals surface area contributed by atoms with Crippen LogP contribution in [0.1, 0.15) is 25.1 Å². The summed E-state index contributed by atoms with van der Waals surface area (Å²) in [5.74, 6) is 1.78. The van der Waals surface area contributed by atoms with Gasteiger partial charge in [-0.25, -0.2) is 4.79 Å². The predicted molar refractivity (Wildman–Crippen MR) is 97.6 cm³/mol. The molecule has 130 valence electrons. The van der Waals surface area contributed by atoms with Crippen LogP contribution in [0.5, 0.6) is 0 Å². The normalized spacial score (nSPS) is 12.0. The molecule has 1 aromatic heterocycles. The maximum absolute atomic E-state index is 12.3. The van der Waals surface area contributed by atoms with Gasteiger partial charge >= 0.3 is 6.03 Å². The van der Waals surface area contributed by atoms with Crippen molar-refractivity contribution in [3.8, 4) is 0 Å². The first kappa shape index (κ1) is 18.4. The maximum atomic E-state index is 12.3. The molecule has 0 spiro atoms. The van der Waals surface area contributed by atoms with Gasteiger partial charge in [-0.15, -0.1) is 11.8 Å². The summed E-state index contributed by atoms with van der Waals surface area (Å²) in [6.07, 6.45) is 2.63. The Morgan fingerprint density at radius 3 is 2.71 bits per heavy atom. The van der Waals surface area contributed by atoms with E-state index >= 15 is 0 Å². The average Bonchev–Trinajstić information content (AvgIpc) is 3.13. The van der Waals surface area contributed by atoms with Crippen LogP contribution in [0, 0.1) is 0 Å². The molecule has 2 rings (SSSR count). The second kappa shape index (κ2) is 9.39. The third-order valence-corrected chi connectivity index (χ3v) is 4.82. The van der Waals surface area contributed by atoms with Crippen LogP contribution >= 0.6 is 11.8 Å². The number of carbonyl (C=O) groups is 1. The number of furan rings is 1. The number of methoxy groups -OCH3 is 1. The lowest BCUT2D eigenvalue weighted by Crippen LogP contribution is -2.33. The van der Waals surface area contributed by atoms with Gasteiger partial charge in [-0.05, 0) is 49.7 Å². The molecule has 0 aliphatic carbocycles. The third kappa shape index (κ3) is 5.32. The van der Waals surface area contributed by atoms with E-state index < -0.39 is 0 Å². The van der Waals surface area contributed by atoms with E-state index in [2.05, 4.69) is 5.32 Å². The fourth-order valence-corrected chi connectivity index (χ4v) is 2.96. The summed E-state index contributed by atoms with van der Waals surface area (Å²) in [5, 5.41) is 2.90. The number of ether oxygens (including phenoxy) is 1. The summed E-state index contributed by atoms with van der Waals surface area (Å²) in [4.78, 5) is 15.1. The molecule has 1 atom stereocenters. The molecule has 0 aliphatic heterocycles. The Balaban J connectivity index is 1.85. The van der Waals surface area contributed by atoms with Crippen LogP contribution in [0.15, 0.2) is 52.0 Å². The van der Waals surface area contributed by atoms with Crippen molar-refractivity contribution in [2.75, 3.05) is 31.8 Å². The van der Waals surface area contributed by atoms with Crippen LogP contribution in [0.4, 0.5) is 10.5 Å². The molecule has 24 heavy (non-hydrogen) atoms. The van der Waals surface area contributed by atoms with Crippen molar-refractivity contribution in [1.82, 2.24) is 4.90 Å². The average molecular weight is 348 g/mol. The third-order valence-electron chi connectivity index (χ3n) is 3.72. The lowest BCUT2D eigenvalue weighted by atomic mass is 10.2. The van der Waals surface area contributed by atoms with Crippen molar-refractivity contribution < 1.29 is 13.9 Å². The number of nitrogens with zero attached hydrogens (tertiary/aromatic N) is 1. The van der Waals surface area contributed by atoms with E-state index in [1.807, 2.05) is 43.3 Å². The lowest BCUT2D eigenvalue weighted by Gasteiger charge is -2.23. The Bertz CT molecular complexity index is 614. The van der Waals surface area contributed by atoms with Crippen LogP contribution in [0.3, 0.4) is 0 Å². The van der Waals surface area contributed by atoms with Gasteiger partial charge in [0.25, 0.3) is 0 Å². The van der Waals surface area contributed by atoms with Gasteiger partial charge in [-0.3, -0.25) is 0 Å². The van der Waals surface area contributed by atoms with Crippen LogP contribution in [-0.4, -0.2) is 37.4 Å². The summed E-state index contributed by atoms with van der Waals surface area (Å²) in [5.41, 5.74) is 0.778. The number of rotatable bonds is 8. The molecule has 1 unspecified atom stereocenters. The molecule has 6 heteroatoms. The maximum Gasteiger partial charge on any atom is 0.322 e. The van der Waals surface area contributed by atoms with Crippen LogP contribution in [0.2, 0.25) is 0 Å². The Kier molecular flexibility index (Phi) is 7.21. The SMILES string of the molecule is COCCCSc1ccc(NC(=O)N(C)C(C)c2ccco2)cc1. The zero-order valence-corrected chi connectivity index (χ0v) is 15.1. The minimum Gasteiger partial charge on any atom is -0.467 e. The molecular weight excluding hydrogens is 324 g/mol. The van der Waals surface area contributed by atoms with Gasteiger partial charge in [0, 0.05) is 37.1 Å². The second-order valence-electron chi connectivity index (χ2n) is 5.45. The number of anilines is 1. The first-order valence-corrected chi connectivity index (χ1v) is 8.89. The predicted octanol–water partition coefficient (Wildman–Crippen LogP) is 4.63. The number of benzene rings is 1. The molecule has 2 amide bonds. The van der Waals surface area contributed by atoms with E-state index in [-0.39, 0.29) is 12.1 Å². The smallest absolute Gasteiger partial charge is 0.322 e. The number of hydrogen-bond donors (Lipinski definition) is 1. The van der Waals surface area contributed by atoms with Crippen LogP contribution < -0.4 is 5.32 Å². The molecule has 0 fully saturated rings. The number of carbonyl (C=O) groups excluding carboxylic acids is 1. The van der Waals surface area contributed by atoms with E-state index in [4.69, 9.17) is 9.15 Å². The molecule has 0 aliphatic rings. The standard InChI is InChI=1S/C18H24N2O3S/c1-14(17-6-4-12-23-17)20(2)18(21)19-15-7-9-16(10-8-15)24-13-5-11-22-3/h4,6-10,12,14H,5,11,13H2,1-3H3,(H,19,21). The molecule has 5 nitrogen and oxygen atoms in total. The Morgan fingerprint density at radius 1 is 1.33 bits per heavy atom. The summed E-state index contributed by atoms with van der Waals surface area (Å²) >= 11 is 1.78. The first-order valence-electron chi connectivity index (χ1n) is 7.91. The van der Waals surface area contributed by atoms with Crippen molar-refractivity contribution in [2.45, 2.75) is 24.3 Å². The summed E-state index contributed by atoms with van der Waals surface area (Å²) in [7, 11) is 3.47. The van der Waals surface area contributed by atoms with E-state index in [1.54, 1.807) is 37.1 Å². The number of nitrogens with one attached hydrogen (secondary N) is 1. The van der Waals surface area contributed by atoms with Crippen molar-refractivity contribution in [3.05, 3.63) is 48.4 Å². The lowest BCUT2D eigenvalue weighted by molar-refractivity contribution is 0.200. The van der Waals surface area contributed by atoms with Gasteiger partial charge in [0.1, 0.15) is 5.76 Å². The summed E-state index contributed by atoms with van der Waals surface area (Å²) in [6, 6.07) is 11.3. The van der Waals surface area contributed by atoms with Gasteiger partial charge in [-0.2, -0.15) is 0 Å². The van der Waals surface area contributed by atoms with E-state index in [0.717, 1.165) is 30.2 Å². The van der Waals surface area contributed by atoms with E-state index in [9.17, 15) is 4.79 Å². The number of urea groups is 1. The Morgan fingerprint density at radius 2 is 2.08 bits per heavy atom. The van der Waals surface area contributed by atoms with Crippen molar-refractivity contribution in [3.63, 3.8) is 0 Å². The van der Waals surface area contributed by atoms with Crippen LogP contribution in [0.25, 0.3) is 0 Å². The fraction of sp³-hybridized carbons (Fsp3) is 0.389. The number of amides is 2. The van der Waals surface area contributed by atoms with Crippen molar-refractivity contribution in [1.29, 1.82) is 0 Å². The number of thioether (sulfide) groups is 1. The summed E-state index contributed by atoms with van der Waals surface area (Å²) in [6.45, 7) is 2.71. The van der Waals surface area contributed by atoms with Crippen molar-refractivity contribution in [2.24, 2.45) is 0 Å². The zero-order valence-electron chi connectivity index (χ0n) is 14.3. The second-order valence-corrected chi connectivity index (χ2v) is 6.62. The Labute approximate surface area is 147 Å². The molecule has 0 saturated carbocycles. The minimum atomic E-state index is -0.167. The molecule has 1 aromatic carbocycles. The fourth-order valence-electron chi connectivity index (χ4n) is 2.14. The largest absolute Gasteiger partial charge is 0.467 e. The highest BCUT2D eigenvalue weighted by atomic mass is 32.2. The van der Waals surface area contributed by atoms with Gasteiger partial charge in [-0.1, -0.05) is 0 Å². The molecule has 1 heterocycles. The summed E-state index contributed by atoms with van der Waals surface area (Å²) < 4.78 is 10.4. The first-order chi connectivity index (χ1) is 11.6. The highest BCUT2D eigenvalue weighted by Crippen LogP contribution is 2.23. The highest BCUT2D eigenvalue weighted by molar-refractivity contribution is 7.99. The molecule has 2 aromatic rings. The van der Waals surface area contributed by atoms with E-state index in [1.165, 1.54) is 4.90 Å². The highest BCUT2D eigenvalue weighted by Gasteiger charge is 2.19. The molecular formula is C18H24N2O3S. The van der Waals surface area contributed by atoms with E-state index in [0.29, 0.717) is 0 Å². The van der Waals surface area contributed by atoms with Crippen LogP contribution in [-0.2, 0) is 4.74 Å². The topological polar surface area (TPSA) is 54.7 Å². The van der Waals surface area contributed by atoms with Gasteiger partial charge in [0.05, 0.1) is 12.3 Å². The molecule has 0 bridgehead atoms.